The molecule has 0 atom stereocenters. The van der Waals surface area contributed by atoms with Crippen molar-refractivity contribution >= 4 is 39.4 Å². The summed E-state index contributed by atoms with van der Waals surface area (Å²) >= 11 is 3.26. The Morgan fingerprint density at radius 2 is 2.12 bits per heavy atom. The molecular weight excluding hydrogens is 398 g/mol. The van der Waals surface area contributed by atoms with Crippen molar-refractivity contribution in [2.45, 2.75) is 12.8 Å². The van der Waals surface area contributed by atoms with Gasteiger partial charge in [0, 0.05) is 24.2 Å². The van der Waals surface area contributed by atoms with Gasteiger partial charge in [-0.1, -0.05) is 18.2 Å². The second kappa shape index (κ2) is 7.74. The van der Waals surface area contributed by atoms with Crippen LogP contribution in [0.25, 0.3) is 6.08 Å². The van der Waals surface area contributed by atoms with Crippen molar-refractivity contribution in [2.75, 3.05) is 18.6 Å². The average molecular weight is 416 g/mol. The molecule has 1 aliphatic rings. The Hall–Kier alpha value is -2.60. The molecule has 1 amide bonds. The summed E-state index contributed by atoms with van der Waals surface area (Å²) in [5.74, 6) is 0.257. The molecule has 1 N–H and O–H groups in total. The smallest absolute Gasteiger partial charge is 0.227 e. The number of methoxy groups -OCH3 is 1. The van der Waals surface area contributed by atoms with E-state index in [1.165, 1.54) is 13.2 Å². The maximum atomic E-state index is 12.5. The molecule has 0 radical (unpaired) electrons. The quantitative estimate of drug-likeness (QED) is 0.587. The molecule has 0 saturated carbocycles. The lowest BCUT2D eigenvalue weighted by Gasteiger charge is -2.16. The lowest BCUT2D eigenvalue weighted by molar-refractivity contribution is -0.117. The molecule has 6 heteroatoms. The molecule has 0 aliphatic carbocycles. The Morgan fingerprint density at radius 1 is 1.31 bits per heavy atom. The van der Waals surface area contributed by atoms with E-state index in [2.05, 4.69) is 15.9 Å². The number of amides is 1. The Morgan fingerprint density at radius 3 is 2.81 bits per heavy atom. The summed E-state index contributed by atoms with van der Waals surface area (Å²) in [4.78, 5) is 26.1. The largest absolute Gasteiger partial charge is 0.503 e. The molecule has 1 aliphatic heterocycles. The van der Waals surface area contributed by atoms with Crippen LogP contribution in [-0.2, 0) is 4.79 Å². The van der Waals surface area contributed by atoms with Gasteiger partial charge in [0.25, 0.3) is 0 Å². The van der Waals surface area contributed by atoms with E-state index in [1.807, 2.05) is 6.07 Å². The number of benzene rings is 2. The highest BCUT2D eigenvalue weighted by Gasteiger charge is 2.22. The number of ketones is 1. The zero-order chi connectivity index (χ0) is 18.7. The van der Waals surface area contributed by atoms with Gasteiger partial charge in [0.15, 0.2) is 17.3 Å². The molecule has 1 saturated heterocycles. The van der Waals surface area contributed by atoms with Gasteiger partial charge in [-0.2, -0.15) is 0 Å². The Bertz CT molecular complexity index is 891. The fraction of sp³-hybridized carbons (Fsp3) is 0.200. The van der Waals surface area contributed by atoms with E-state index in [4.69, 9.17) is 4.74 Å². The van der Waals surface area contributed by atoms with E-state index in [-0.39, 0.29) is 17.4 Å². The molecule has 5 nitrogen and oxygen atoms in total. The number of phenolic OH excluding ortho intramolecular Hbond substituents is 1. The van der Waals surface area contributed by atoms with Gasteiger partial charge < -0.3 is 14.7 Å². The zero-order valence-corrected chi connectivity index (χ0v) is 15.8. The summed E-state index contributed by atoms with van der Waals surface area (Å²) in [7, 11) is 1.46. The highest BCUT2D eigenvalue weighted by molar-refractivity contribution is 9.10. The van der Waals surface area contributed by atoms with Gasteiger partial charge in [-0.05, 0) is 58.3 Å². The number of hydrogen-bond acceptors (Lipinski definition) is 4. The maximum absolute atomic E-state index is 12.5. The number of carbonyl (C=O) groups is 2. The van der Waals surface area contributed by atoms with Crippen LogP contribution in [0.5, 0.6) is 11.5 Å². The van der Waals surface area contributed by atoms with Crippen LogP contribution >= 0.6 is 15.9 Å². The third-order valence-corrected chi connectivity index (χ3v) is 4.82. The molecule has 0 aromatic heterocycles. The minimum absolute atomic E-state index is 0.0129. The van der Waals surface area contributed by atoms with E-state index >= 15 is 0 Å². The molecule has 1 heterocycles. The minimum atomic E-state index is -0.165. The van der Waals surface area contributed by atoms with Gasteiger partial charge in [0.2, 0.25) is 5.91 Å². The number of ether oxygens (including phenoxy) is 1. The van der Waals surface area contributed by atoms with Gasteiger partial charge in [-0.3, -0.25) is 9.59 Å². The minimum Gasteiger partial charge on any atom is -0.503 e. The van der Waals surface area contributed by atoms with Crippen molar-refractivity contribution in [3.05, 3.63) is 58.1 Å². The van der Waals surface area contributed by atoms with E-state index in [0.29, 0.717) is 34.3 Å². The van der Waals surface area contributed by atoms with Crippen LogP contribution in [-0.4, -0.2) is 30.5 Å². The lowest BCUT2D eigenvalue weighted by Crippen LogP contribution is -2.23. The second-order valence-electron chi connectivity index (χ2n) is 5.95. The number of aromatic hydroxyl groups is 1. The summed E-state index contributed by atoms with van der Waals surface area (Å²) in [6.45, 7) is 0.688. The molecular formula is C20H18BrNO4. The van der Waals surface area contributed by atoms with Gasteiger partial charge >= 0.3 is 0 Å². The number of rotatable bonds is 5. The summed E-state index contributed by atoms with van der Waals surface area (Å²) in [6.07, 6.45) is 4.51. The van der Waals surface area contributed by atoms with Crippen LogP contribution in [0.2, 0.25) is 0 Å². The standard InChI is InChI=1S/C20H18BrNO4/c1-26-18-11-13(10-16(21)20(18)25)7-8-17(23)14-4-2-5-15(12-14)22-9-3-6-19(22)24/h2,4-5,7-8,10-12,25H,3,6,9H2,1H3. The summed E-state index contributed by atoms with van der Waals surface area (Å²) in [5, 5.41) is 9.84. The molecule has 3 rings (SSSR count). The zero-order valence-electron chi connectivity index (χ0n) is 14.2. The first kappa shape index (κ1) is 18.2. The number of carbonyl (C=O) groups excluding carboxylic acids is 2. The SMILES string of the molecule is COc1cc(C=CC(=O)c2cccc(N3CCCC3=O)c2)cc(Br)c1O. The van der Waals surface area contributed by atoms with Crippen molar-refractivity contribution < 1.29 is 19.4 Å². The molecule has 26 heavy (non-hydrogen) atoms. The summed E-state index contributed by atoms with van der Waals surface area (Å²) in [5.41, 5.74) is 1.98. The maximum Gasteiger partial charge on any atom is 0.227 e. The predicted molar refractivity (Wildman–Crippen MR) is 104 cm³/mol. The second-order valence-corrected chi connectivity index (χ2v) is 6.80. The lowest BCUT2D eigenvalue weighted by atomic mass is 10.1. The fourth-order valence-electron chi connectivity index (χ4n) is 2.86. The summed E-state index contributed by atoms with van der Waals surface area (Å²) < 4.78 is 5.59. The molecule has 0 spiro atoms. The highest BCUT2D eigenvalue weighted by Crippen LogP contribution is 2.35. The number of halogens is 1. The molecule has 0 unspecified atom stereocenters. The van der Waals surface area contributed by atoms with Gasteiger partial charge in [-0.15, -0.1) is 0 Å². The number of nitrogens with zero attached hydrogens (tertiary/aromatic N) is 1. The van der Waals surface area contributed by atoms with E-state index in [9.17, 15) is 14.7 Å². The molecule has 1 fully saturated rings. The van der Waals surface area contributed by atoms with Gasteiger partial charge in [0.1, 0.15) is 0 Å². The number of anilines is 1. The Labute approximate surface area is 160 Å². The Balaban J connectivity index is 1.81. The molecule has 2 aromatic rings. The molecule has 2 aromatic carbocycles. The first-order valence-corrected chi connectivity index (χ1v) is 8.98. The van der Waals surface area contributed by atoms with Crippen molar-refractivity contribution in [2.24, 2.45) is 0 Å². The number of allylic oxidation sites excluding steroid dienone is 1. The van der Waals surface area contributed by atoms with E-state index in [0.717, 1.165) is 12.1 Å². The van der Waals surface area contributed by atoms with Crippen molar-refractivity contribution in [1.82, 2.24) is 0 Å². The van der Waals surface area contributed by atoms with Crippen molar-refractivity contribution in [1.29, 1.82) is 0 Å². The van der Waals surface area contributed by atoms with Crippen LogP contribution < -0.4 is 9.64 Å². The first-order chi connectivity index (χ1) is 12.5. The van der Waals surface area contributed by atoms with Gasteiger partial charge in [-0.25, -0.2) is 0 Å². The van der Waals surface area contributed by atoms with Crippen LogP contribution in [0.4, 0.5) is 5.69 Å². The van der Waals surface area contributed by atoms with Crippen LogP contribution in [0, 0.1) is 0 Å². The number of phenols is 1. The van der Waals surface area contributed by atoms with Gasteiger partial charge in [0.05, 0.1) is 11.6 Å². The van der Waals surface area contributed by atoms with Crippen LogP contribution in [0.15, 0.2) is 46.9 Å². The first-order valence-electron chi connectivity index (χ1n) is 8.19. The van der Waals surface area contributed by atoms with E-state index in [1.54, 1.807) is 41.3 Å². The molecule has 134 valence electrons. The molecule has 0 bridgehead atoms. The van der Waals surface area contributed by atoms with Crippen LogP contribution in [0.1, 0.15) is 28.8 Å². The normalized spacial score (nSPS) is 14.2. The summed E-state index contributed by atoms with van der Waals surface area (Å²) in [6, 6.07) is 10.4. The monoisotopic (exact) mass is 415 g/mol. The third kappa shape index (κ3) is 3.80. The van der Waals surface area contributed by atoms with E-state index < -0.39 is 0 Å². The topological polar surface area (TPSA) is 66.8 Å². The predicted octanol–water partition coefficient (Wildman–Crippen LogP) is 4.19. The fourth-order valence-corrected chi connectivity index (χ4v) is 3.32. The van der Waals surface area contributed by atoms with Crippen molar-refractivity contribution in [3.63, 3.8) is 0 Å². The van der Waals surface area contributed by atoms with Crippen molar-refractivity contribution in [3.8, 4) is 11.5 Å². The average Bonchev–Trinajstić information content (AvgIpc) is 3.08. The Kier molecular flexibility index (Phi) is 5.42. The third-order valence-electron chi connectivity index (χ3n) is 4.21. The highest BCUT2D eigenvalue weighted by atomic mass is 79.9. The van der Waals surface area contributed by atoms with Crippen LogP contribution in [0.3, 0.4) is 0 Å². The number of hydrogen-bond donors (Lipinski definition) is 1.